The molecule has 1 aliphatic rings. The van der Waals surface area contributed by atoms with Crippen LogP contribution in [0.15, 0.2) is 17.6 Å². The topological polar surface area (TPSA) is 73.2 Å². The predicted molar refractivity (Wildman–Crippen MR) is 74.6 cm³/mol. The molecule has 1 saturated heterocycles. The number of morpholine rings is 1. The number of rotatable bonds is 6. The lowest BCUT2D eigenvalue weighted by Gasteiger charge is -2.37. The molecule has 0 amide bonds. The van der Waals surface area contributed by atoms with E-state index in [2.05, 4.69) is 16.8 Å². The monoisotopic (exact) mass is 430 g/mol. The highest BCUT2D eigenvalue weighted by Gasteiger charge is 2.25. The van der Waals surface area contributed by atoms with E-state index < -0.39 is 10.0 Å². The lowest BCUT2D eigenvalue weighted by Crippen LogP contribution is -3.00. The van der Waals surface area contributed by atoms with Crippen LogP contribution < -0.4 is 28.7 Å². The molecule has 0 saturated carbocycles. The first-order valence-corrected chi connectivity index (χ1v) is 8.29. The van der Waals surface area contributed by atoms with Crippen LogP contribution in [0.3, 0.4) is 0 Å². The van der Waals surface area contributed by atoms with E-state index in [1.165, 1.54) is 12.5 Å². The van der Waals surface area contributed by atoms with Gasteiger partial charge in [0.25, 0.3) is 10.0 Å². The second-order valence-corrected chi connectivity index (χ2v) is 7.25. The van der Waals surface area contributed by atoms with Gasteiger partial charge in [-0.1, -0.05) is 0 Å². The number of imidazole rings is 1. The molecule has 122 valence electrons. The number of ether oxygens (including phenoxy) is 1. The summed E-state index contributed by atoms with van der Waals surface area (Å²) >= 11 is 0. The minimum atomic E-state index is -3.48. The van der Waals surface area contributed by atoms with Crippen LogP contribution in [0.4, 0.5) is 0 Å². The van der Waals surface area contributed by atoms with E-state index in [0.29, 0.717) is 6.54 Å². The van der Waals surface area contributed by atoms with Crippen LogP contribution in [0.2, 0.25) is 0 Å². The normalized spacial score (nSPS) is 18.2. The number of aryl methyl sites for hydroxylation is 1. The molecule has 1 aliphatic heterocycles. The Morgan fingerprint density at radius 2 is 2.10 bits per heavy atom. The van der Waals surface area contributed by atoms with Crippen LogP contribution >= 0.6 is 0 Å². The summed E-state index contributed by atoms with van der Waals surface area (Å²) in [6.07, 6.45) is 3.79. The van der Waals surface area contributed by atoms with Crippen LogP contribution in [-0.4, -0.2) is 68.9 Å². The molecule has 21 heavy (non-hydrogen) atoms. The molecule has 0 bridgehead atoms. The lowest BCUT2D eigenvalue weighted by molar-refractivity contribution is -0.916. The Labute approximate surface area is 143 Å². The van der Waals surface area contributed by atoms with Gasteiger partial charge in [0.05, 0.1) is 33.1 Å². The Kier molecular flexibility index (Phi) is 7.04. The van der Waals surface area contributed by atoms with Crippen molar-refractivity contribution in [3.8, 4) is 0 Å². The molecule has 0 spiro atoms. The van der Waals surface area contributed by atoms with Crippen LogP contribution in [0, 0.1) is 0 Å². The quantitative estimate of drug-likeness (QED) is 0.290. The van der Waals surface area contributed by atoms with Gasteiger partial charge in [0, 0.05) is 26.2 Å². The fraction of sp³-hybridized carbons (Fsp3) is 0.750. The number of likely N-dealkylation sites (N-methyl/N-ethyl adjacent to an activating group) is 1. The van der Waals surface area contributed by atoms with Crippen LogP contribution in [0.5, 0.6) is 0 Å². The Bertz CT molecular complexity index is 540. The standard InChI is InChI=1S/C12H23N4O3S.HI/c1-15-10-12(13-11-15)20(17,18)14-4-3-5-16(2)6-8-19-9-7-16;/h10-11,14H,3-9H2,1-2H3;1H/q+1;/p-1. The number of sulfonamides is 1. The molecule has 2 heterocycles. The third-order valence-corrected chi connectivity index (χ3v) is 5.02. The van der Waals surface area contributed by atoms with Crippen molar-refractivity contribution in [2.24, 2.45) is 7.05 Å². The molecular formula is C12H23IN4O3S. The highest BCUT2D eigenvalue weighted by molar-refractivity contribution is 7.89. The summed E-state index contributed by atoms with van der Waals surface area (Å²) < 4.78 is 34.4. The maximum atomic E-state index is 12.0. The predicted octanol–water partition coefficient (Wildman–Crippen LogP) is -3.43. The van der Waals surface area contributed by atoms with Crippen molar-refractivity contribution in [2.45, 2.75) is 11.4 Å². The second kappa shape index (κ2) is 7.86. The molecule has 7 nitrogen and oxygen atoms in total. The van der Waals surface area contributed by atoms with Crippen molar-refractivity contribution in [1.82, 2.24) is 14.3 Å². The van der Waals surface area contributed by atoms with Gasteiger partial charge >= 0.3 is 0 Å². The fourth-order valence-corrected chi connectivity index (χ4v) is 3.33. The molecule has 1 aromatic rings. The SMILES string of the molecule is Cn1cnc(S(=O)(=O)NCCC[N+]2(C)CCOCC2)c1.[I-]. The van der Waals surface area contributed by atoms with E-state index in [9.17, 15) is 8.42 Å². The summed E-state index contributed by atoms with van der Waals surface area (Å²) in [5.74, 6) is 0. The van der Waals surface area contributed by atoms with E-state index in [0.717, 1.165) is 43.8 Å². The zero-order valence-corrected chi connectivity index (χ0v) is 15.4. The number of aromatic nitrogens is 2. The number of nitrogens with zero attached hydrogens (tertiary/aromatic N) is 3. The summed E-state index contributed by atoms with van der Waals surface area (Å²) in [4.78, 5) is 3.86. The van der Waals surface area contributed by atoms with Crippen molar-refractivity contribution in [1.29, 1.82) is 0 Å². The number of hydrogen-bond donors (Lipinski definition) is 1. The van der Waals surface area contributed by atoms with Crippen LogP contribution in [0.1, 0.15) is 6.42 Å². The van der Waals surface area contributed by atoms with Crippen LogP contribution in [0.25, 0.3) is 0 Å². The van der Waals surface area contributed by atoms with Crippen molar-refractivity contribution in [2.75, 3.05) is 46.4 Å². The van der Waals surface area contributed by atoms with Crippen LogP contribution in [-0.2, 0) is 21.8 Å². The Balaban J connectivity index is 0.00000220. The van der Waals surface area contributed by atoms with Gasteiger partial charge in [-0.3, -0.25) is 0 Å². The third-order valence-electron chi connectivity index (χ3n) is 3.67. The Hall–Kier alpha value is -0.230. The van der Waals surface area contributed by atoms with Gasteiger partial charge in [-0.15, -0.1) is 0 Å². The lowest BCUT2D eigenvalue weighted by atomic mass is 10.3. The molecule has 1 fully saturated rings. The second-order valence-electron chi connectivity index (χ2n) is 5.53. The first-order valence-electron chi connectivity index (χ1n) is 6.80. The number of nitrogens with one attached hydrogen (secondary N) is 1. The van der Waals surface area contributed by atoms with Crippen molar-refractivity contribution in [3.05, 3.63) is 12.5 Å². The van der Waals surface area contributed by atoms with E-state index in [4.69, 9.17) is 4.74 Å². The third kappa shape index (κ3) is 5.47. The summed E-state index contributed by atoms with van der Waals surface area (Å²) in [6.45, 7) is 4.95. The van der Waals surface area contributed by atoms with E-state index in [1.54, 1.807) is 11.6 Å². The average Bonchev–Trinajstić information content (AvgIpc) is 2.83. The minimum absolute atomic E-state index is 0. The van der Waals surface area contributed by atoms with Gasteiger partial charge < -0.3 is 37.8 Å². The maximum Gasteiger partial charge on any atom is 0.259 e. The summed E-state index contributed by atoms with van der Waals surface area (Å²) in [7, 11) is 0.460. The minimum Gasteiger partial charge on any atom is -1.00 e. The largest absolute Gasteiger partial charge is 1.00 e. The van der Waals surface area contributed by atoms with Gasteiger partial charge in [0.15, 0.2) is 5.03 Å². The Morgan fingerprint density at radius 3 is 2.67 bits per heavy atom. The molecule has 0 aliphatic carbocycles. The van der Waals surface area contributed by atoms with Gasteiger partial charge in [-0.25, -0.2) is 18.1 Å². The smallest absolute Gasteiger partial charge is 0.259 e. The maximum absolute atomic E-state index is 12.0. The molecular weight excluding hydrogens is 407 g/mol. The molecule has 0 unspecified atom stereocenters. The zero-order chi connectivity index (χ0) is 14.6. The number of halogens is 1. The van der Waals surface area contributed by atoms with Crippen molar-refractivity contribution < 1.29 is 41.6 Å². The van der Waals surface area contributed by atoms with Crippen molar-refractivity contribution >= 4 is 10.0 Å². The molecule has 9 heteroatoms. The summed E-state index contributed by atoms with van der Waals surface area (Å²) in [5.41, 5.74) is 0. The Morgan fingerprint density at radius 1 is 1.43 bits per heavy atom. The van der Waals surface area contributed by atoms with Crippen molar-refractivity contribution in [3.63, 3.8) is 0 Å². The fourth-order valence-electron chi connectivity index (χ4n) is 2.28. The van der Waals surface area contributed by atoms with Gasteiger partial charge in [0.2, 0.25) is 0 Å². The number of hydrogen-bond acceptors (Lipinski definition) is 4. The first-order chi connectivity index (χ1) is 9.41. The molecule has 2 rings (SSSR count). The average molecular weight is 430 g/mol. The molecule has 0 aromatic carbocycles. The highest BCUT2D eigenvalue weighted by Crippen LogP contribution is 2.09. The molecule has 0 atom stereocenters. The first kappa shape index (κ1) is 18.8. The summed E-state index contributed by atoms with van der Waals surface area (Å²) in [6, 6.07) is 0. The molecule has 1 aromatic heterocycles. The summed E-state index contributed by atoms with van der Waals surface area (Å²) in [5, 5.41) is 0.0757. The number of quaternary nitrogens is 1. The van der Waals surface area contributed by atoms with Gasteiger partial charge in [0.1, 0.15) is 13.1 Å². The molecule has 0 radical (unpaired) electrons. The van der Waals surface area contributed by atoms with E-state index in [1.807, 2.05) is 0 Å². The highest BCUT2D eigenvalue weighted by atomic mass is 127. The zero-order valence-electron chi connectivity index (χ0n) is 12.5. The van der Waals surface area contributed by atoms with Gasteiger partial charge in [-0.05, 0) is 0 Å². The van der Waals surface area contributed by atoms with Gasteiger partial charge in [-0.2, -0.15) is 0 Å². The molecule has 1 N–H and O–H groups in total. The van der Waals surface area contributed by atoms with E-state index >= 15 is 0 Å². The van der Waals surface area contributed by atoms with E-state index in [-0.39, 0.29) is 29.0 Å².